The van der Waals surface area contributed by atoms with E-state index >= 15 is 0 Å². The second kappa shape index (κ2) is 10.7. The Morgan fingerprint density at radius 2 is 1.06 bits per heavy atom. The number of hydrogen-bond acceptors (Lipinski definition) is 4. The van der Waals surface area contributed by atoms with Crippen molar-refractivity contribution >= 4 is 43.5 Å². The number of para-hydroxylation sites is 1. The Bertz CT molecular complexity index is 2860. The fraction of sp³-hybridized carbons (Fsp3) is 0.128. The first-order valence-corrected chi connectivity index (χ1v) is 17.6. The highest BCUT2D eigenvalue weighted by Crippen LogP contribution is 2.57. The molecule has 51 heavy (non-hydrogen) atoms. The highest BCUT2D eigenvalue weighted by molar-refractivity contribution is 6.19. The van der Waals surface area contributed by atoms with Gasteiger partial charge in [0.1, 0.15) is 11.2 Å². The molecule has 0 fully saturated rings. The van der Waals surface area contributed by atoms with E-state index in [1.54, 1.807) is 0 Å². The van der Waals surface area contributed by atoms with Crippen LogP contribution < -0.4 is 0 Å². The fourth-order valence-corrected chi connectivity index (χ4v) is 8.38. The van der Waals surface area contributed by atoms with Gasteiger partial charge in [-0.1, -0.05) is 149 Å². The quantitative estimate of drug-likeness (QED) is 0.177. The van der Waals surface area contributed by atoms with Gasteiger partial charge in [-0.25, -0.2) is 15.0 Å². The van der Waals surface area contributed by atoms with E-state index < -0.39 is 0 Å². The molecule has 0 amide bonds. The Kier molecular flexibility index (Phi) is 6.23. The maximum atomic E-state index is 6.31. The van der Waals surface area contributed by atoms with Crippen molar-refractivity contribution in [3.8, 4) is 45.3 Å². The molecule has 0 atom stereocenters. The van der Waals surface area contributed by atoms with Crippen LogP contribution in [0.5, 0.6) is 0 Å². The number of benzene rings is 7. The monoisotopic (exact) mass is 657 g/mol. The third-order valence-electron chi connectivity index (χ3n) is 11.7. The Hall–Kier alpha value is -6.13. The molecular formula is C47H35N3O. The zero-order valence-corrected chi connectivity index (χ0v) is 29.0. The first-order chi connectivity index (χ1) is 24.8. The second-order valence-electron chi connectivity index (χ2n) is 14.8. The molecule has 4 heteroatoms. The van der Waals surface area contributed by atoms with Crippen LogP contribution in [-0.2, 0) is 10.8 Å². The summed E-state index contributed by atoms with van der Waals surface area (Å²) in [5.41, 5.74) is 9.45. The van der Waals surface area contributed by atoms with Crippen LogP contribution in [0, 0.1) is 0 Å². The minimum atomic E-state index is -0.204. The lowest BCUT2D eigenvalue weighted by Gasteiger charge is -2.48. The maximum Gasteiger partial charge on any atom is 0.164 e. The van der Waals surface area contributed by atoms with Gasteiger partial charge in [0, 0.05) is 32.8 Å². The molecule has 0 aliphatic heterocycles. The summed E-state index contributed by atoms with van der Waals surface area (Å²) in [6.45, 7) is 9.53. The van der Waals surface area contributed by atoms with Crippen LogP contribution in [0.2, 0.25) is 0 Å². The van der Waals surface area contributed by atoms with Gasteiger partial charge in [-0.15, -0.1) is 0 Å². The number of fused-ring (bicyclic) bond motifs is 10. The average Bonchev–Trinajstić information content (AvgIpc) is 3.56. The normalized spacial score (nSPS) is 14.6. The number of nitrogens with zero attached hydrogens (tertiary/aromatic N) is 3. The molecule has 244 valence electrons. The molecule has 0 N–H and O–H groups in total. The molecule has 9 aromatic rings. The van der Waals surface area contributed by atoms with Gasteiger partial charge in [0.05, 0.1) is 0 Å². The van der Waals surface area contributed by atoms with E-state index in [9.17, 15) is 0 Å². The largest absolute Gasteiger partial charge is 0.456 e. The zero-order valence-electron chi connectivity index (χ0n) is 29.0. The van der Waals surface area contributed by atoms with Crippen molar-refractivity contribution in [2.24, 2.45) is 0 Å². The van der Waals surface area contributed by atoms with Gasteiger partial charge in [0.15, 0.2) is 17.5 Å². The summed E-state index contributed by atoms with van der Waals surface area (Å²) in [7, 11) is 0. The van der Waals surface area contributed by atoms with E-state index in [2.05, 4.69) is 119 Å². The van der Waals surface area contributed by atoms with E-state index in [0.29, 0.717) is 17.5 Å². The zero-order chi connectivity index (χ0) is 34.5. The summed E-state index contributed by atoms with van der Waals surface area (Å²) in [4.78, 5) is 15.9. The SMILES string of the molecule is CC1(C)c2ccccc2-c2c(cc(-c3nc(-c4ccccc4)nc(-c4cccc5oc6ccccc6c45)n3)c3c2ccc2ccccc23)C1(C)C. The first-order valence-electron chi connectivity index (χ1n) is 17.6. The lowest BCUT2D eigenvalue weighted by atomic mass is 9.55. The number of hydrogen-bond donors (Lipinski definition) is 0. The molecule has 2 heterocycles. The van der Waals surface area contributed by atoms with Crippen LogP contribution >= 0.6 is 0 Å². The number of furan rings is 1. The standard InChI is InChI=1S/C47H35N3O/c1-46(2)36-22-12-10-19-31(36)41-33-26-25-28-15-8-9-18-30(28)40(33)35(27-37(41)47(46,3)4)45-49-43(29-16-6-5-7-17-29)48-44(50-45)34-21-14-24-39-42(34)32-20-11-13-23-38(32)51-39/h5-27H,1-4H3. The number of rotatable bonds is 3. The minimum absolute atomic E-state index is 0.129. The summed E-state index contributed by atoms with van der Waals surface area (Å²) in [6, 6.07) is 49.1. The molecule has 0 spiro atoms. The second-order valence-corrected chi connectivity index (χ2v) is 14.8. The average molecular weight is 658 g/mol. The van der Waals surface area contributed by atoms with Crippen molar-refractivity contribution in [1.82, 2.24) is 15.0 Å². The first kappa shape index (κ1) is 29.8. The summed E-state index contributed by atoms with van der Waals surface area (Å²) in [6.07, 6.45) is 0. The summed E-state index contributed by atoms with van der Waals surface area (Å²) in [5.74, 6) is 1.91. The molecule has 0 radical (unpaired) electrons. The van der Waals surface area contributed by atoms with Gasteiger partial charge >= 0.3 is 0 Å². The summed E-state index contributed by atoms with van der Waals surface area (Å²) in [5, 5.41) is 6.77. The van der Waals surface area contributed by atoms with E-state index in [4.69, 9.17) is 19.4 Å². The minimum Gasteiger partial charge on any atom is -0.456 e. The van der Waals surface area contributed by atoms with Crippen LogP contribution in [0.25, 0.3) is 88.8 Å². The molecule has 1 aliphatic carbocycles. The third-order valence-corrected chi connectivity index (χ3v) is 11.7. The van der Waals surface area contributed by atoms with E-state index in [1.165, 1.54) is 38.4 Å². The fourth-order valence-electron chi connectivity index (χ4n) is 8.38. The molecule has 7 aromatic carbocycles. The summed E-state index contributed by atoms with van der Waals surface area (Å²) < 4.78 is 6.31. The van der Waals surface area contributed by atoms with E-state index in [1.807, 2.05) is 48.5 Å². The highest BCUT2D eigenvalue weighted by atomic mass is 16.3. The molecule has 0 bridgehead atoms. The van der Waals surface area contributed by atoms with Crippen molar-refractivity contribution in [2.45, 2.75) is 38.5 Å². The van der Waals surface area contributed by atoms with Gasteiger partial charge in [0.2, 0.25) is 0 Å². The predicted octanol–water partition coefficient (Wildman–Crippen LogP) is 12.3. The van der Waals surface area contributed by atoms with Gasteiger partial charge in [-0.2, -0.15) is 0 Å². The van der Waals surface area contributed by atoms with Gasteiger partial charge in [-0.05, 0) is 67.4 Å². The Labute approximate surface area is 296 Å². The van der Waals surface area contributed by atoms with Gasteiger partial charge in [0.25, 0.3) is 0 Å². The van der Waals surface area contributed by atoms with Crippen molar-refractivity contribution in [3.63, 3.8) is 0 Å². The maximum absolute atomic E-state index is 6.31. The Balaban J connectivity index is 1.36. The summed E-state index contributed by atoms with van der Waals surface area (Å²) >= 11 is 0. The van der Waals surface area contributed by atoms with Crippen LogP contribution in [0.4, 0.5) is 0 Å². The van der Waals surface area contributed by atoms with Crippen LogP contribution in [0.15, 0.2) is 144 Å². The lowest BCUT2D eigenvalue weighted by molar-refractivity contribution is 0.299. The van der Waals surface area contributed by atoms with Crippen molar-refractivity contribution in [1.29, 1.82) is 0 Å². The van der Waals surface area contributed by atoms with Gasteiger partial charge < -0.3 is 4.42 Å². The Morgan fingerprint density at radius 3 is 1.90 bits per heavy atom. The molecule has 0 saturated carbocycles. The predicted molar refractivity (Wildman–Crippen MR) is 210 cm³/mol. The lowest BCUT2D eigenvalue weighted by Crippen LogP contribution is -2.43. The molecule has 1 aliphatic rings. The molecule has 0 unspecified atom stereocenters. The molecule has 10 rings (SSSR count). The van der Waals surface area contributed by atoms with Crippen molar-refractivity contribution in [3.05, 3.63) is 151 Å². The molecule has 4 nitrogen and oxygen atoms in total. The van der Waals surface area contributed by atoms with Crippen LogP contribution in [0.1, 0.15) is 38.8 Å². The molecule has 2 aromatic heterocycles. The van der Waals surface area contributed by atoms with E-state index in [-0.39, 0.29) is 10.8 Å². The van der Waals surface area contributed by atoms with Gasteiger partial charge in [-0.3, -0.25) is 0 Å². The molecule has 0 saturated heterocycles. The number of aromatic nitrogens is 3. The smallest absolute Gasteiger partial charge is 0.164 e. The Morgan fingerprint density at radius 1 is 0.431 bits per heavy atom. The van der Waals surface area contributed by atoms with Crippen molar-refractivity contribution < 1.29 is 4.42 Å². The topological polar surface area (TPSA) is 51.8 Å². The van der Waals surface area contributed by atoms with Crippen LogP contribution in [0.3, 0.4) is 0 Å². The highest BCUT2D eigenvalue weighted by Gasteiger charge is 2.46. The molecular weight excluding hydrogens is 623 g/mol. The van der Waals surface area contributed by atoms with Crippen molar-refractivity contribution in [2.75, 3.05) is 0 Å². The van der Waals surface area contributed by atoms with Crippen LogP contribution in [-0.4, -0.2) is 15.0 Å². The third kappa shape index (κ3) is 4.23. The van der Waals surface area contributed by atoms with E-state index in [0.717, 1.165) is 44.0 Å².